The van der Waals surface area contributed by atoms with E-state index >= 15 is 0 Å². The van der Waals surface area contributed by atoms with Crippen LogP contribution in [0.2, 0.25) is 0 Å². The lowest BCUT2D eigenvalue weighted by Crippen LogP contribution is -2.13. The number of nitrogens with zero attached hydrogens (tertiary/aromatic N) is 2. The molecule has 0 unspecified atom stereocenters. The fourth-order valence-corrected chi connectivity index (χ4v) is 2.71. The second kappa shape index (κ2) is 5.49. The lowest BCUT2D eigenvalue weighted by molar-refractivity contribution is 0.294. The smallest absolute Gasteiger partial charge is 0.222 e. The Morgan fingerprint density at radius 2 is 2.39 bits per heavy atom. The highest BCUT2D eigenvalue weighted by molar-refractivity contribution is 7.80. The number of ether oxygens (including phenoxy) is 1. The van der Waals surface area contributed by atoms with Crippen LogP contribution in [0.5, 0.6) is 5.88 Å². The van der Waals surface area contributed by atoms with Crippen molar-refractivity contribution in [3.05, 3.63) is 33.6 Å². The maximum absolute atomic E-state index is 5.76. The Labute approximate surface area is 115 Å². The largest absolute Gasteiger partial charge is 0.477 e. The van der Waals surface area contributed by atoms with Crippen molar-refractivity contribution in [3.63, 3.8) is 0 Å². The summed E-state index contributed by atoms with van der Waals surface area (Å²) < 4.78 is 7.44. The summed E-state index contributed by atoms with van der Waals surface area (Å²) in [6, 6.07) is 4.13. The van der Waals surface area contributed by atoms with Gasteiger partial charge in [0.1, 0.15) is 4.99 Å². The van der Waals surface area contributed by atoms with Gasteiger partial charge in [-0.3, -0.25) is 0 Å². The van der Waals surface area contributed by atoms with Crippen LogP contribution in [-0.4, -0.2) is 21.4 Å². The number of nitrogens with two attached hydrogens (primary N) is 1. The molecule has 0 bridgehead atoms. The standard InChI is InChI=1S/C12H15N3OS2/c1-8-10(11(13)17)12(15(2)14-8)16-6-5-9-4-3-7-18-9/h3-4,7H,5-6H2,1-2H3,(H2,13,17). The molecule has 2 aromatic heterocycles. The molecule has 0 atom stereocenters. The molecule has 6 heteroatoms. The maximum atomic E-state index is 5.76. The molecule has 4 nitrogen and oxygen atoms in total. The number of aryl methyl sites for hydroxylation is 2. The number of rotatable bonds is 5. The summed E-state index contributed by atoms with van der Waals surface area (Å²) >= 11 is 6.75. The Bertz CT molecular complexity index is 546. The first-order chi connectivity index (χ1) is 8.59. The van der Waals surface area contributed by atoms with E-state index in [9.17, 15) is 0 Å². The Kier molecular flexibility index (Phi) is 3.98. The van der Waals surface area contributed by atoms with Crippen LogP contribution < -0.4 is 10.5 Å². The van der Waals surface area contributed by atoms with Crippen molar-refractivity contribution in [1.29, 1.82) is 0 Å². The summed E-state index contributed by atoms with van der Waals surface area (Å²) in [5, 5.41) is 6.33. The van der Waals surface area contributed by atoms with Gasteiger partial charge in [0, 0.05) is 18.3 Å². The third kappa shape index (κ3) is 2.70. The van der Waals surface area contributed by atoms with Gasteiger partial charge in [0.05, 0.1) is 17.9 Å². The molecule has 0 saturated heterocycles. The van der Waals surface area contributed by atoms with E-state index < -0.39 is 0 Å². The quantitative estimate of drug-likeness (QED) is 0.852. The maximum Gasteiger partial charge on any atom is 0.222 e. The Morgan fingerprint density at radius 3 is 3.00 bits per heavy atom. The molecule has 0 fully saturated rings. The average Bonchev–Trinajstić information content (AvgIpc) is 2.87. The van der Waals surface area contributed by atoms with Crippen molar-refractivity contribution in [1.82, 2.24) is 9.78 Å². The summed E-state index contributed by atoms with van der Waals surface area (Å²) in [4.78, 5) is 1.62. The van der Waals surface area contributed by atoms with Crippen LogP contribution in [0.3, 0.4) is 0 Å². The van der Waals surface area contributed by atoms with Crippen LogP contribution in [0.1, 0.15) is 16.1 Å². The third-order valence-corrected chi connectivity index (χ3v) is 3.72. The van der Waals surface area contributed by atoms with E-state index in [0.717, 1.165) is 17.7 Å². The van der Waals surface area contributed by atoms with Crippen LogP contribution in [-0.2, 0) is 13.5 Å². The van der Waals surface area contributed by atoms with Gasteiger partial charge in [-0.2, -0.15) is 5.10 Å². The van der Waals surface area contributed by atoms with E-state index in [-0.39, 0.29) is 0 Å². The van der Waals surface area contributed by atoms with Crippen LogP contribution >= 0.6 is 23.6 Å². The van der Waals surface area contributed by atoms with E-state index in [1.54, 1.807) is 16.0 Å². The number of thiophene rings is 1. The molecule has 0 saturated carbocycles. The van der Waals surface area contributed by atoms with E-state index in [1.807, 2.05) is 20.0 Å². The first-order valence-electron chi connectivity index (χ1n) is 5.58. The second-order valence-electron chi connectivity index (χ2n) is 3.93. The lowest BCUT2D eigenvalue weighted by Gasteiger charge is -2.07. The van der Waals surface area contributed by atoms with E-state index in [2.05, 4.69) is 16.5 Å². The van der Waals surface area contributed by atoms with Crippen molar-refractivity contribution in [2.45, 2.75) is 13.3 Å². The zero-order chi connectivity index (χ0) is 13.1. The van der Waals surface area contributed by atoms with Crippen molar-refractivity contribution in [2.24, 2.45) is 12.8 Å². The van der Waals surface area contributed by atoms with Crippen LogP contribution in [0.4, 0.5) is 0 Å². The number of thiocarbonyl (C=S) groups is 1. The second-order valence-corrected chi connectivity index (χ2v) is 5.40. The summed E-state index contributed by atoms with van der Waals surface area (Å²) in [5.41, 5.74) is 7.23. The van der Waals surface area contributed by atoms with Gasteiger partial charge in [0.2, 0.25) is 5.88 Å². The molecule has 0 aromatic carbocycles. The summed E-state index contributed by atoms with van der Waals surface area (Å²) in [7, 11) is 1.83. The Hall–Kier alpha value is -1.40. The predicted octanol–water partition coefficient (Wildman–Crippen LogP) is 2.05. The van der Waals surface area contributed by atoms with Gasteiger partial charge in [-0.25, -0.2) is 4.68 Å². The van der Waals surface area contributed by atoms with Crippen LogP contribution in [0.15, 0.2) is 17.5 Å². The highest BCUT2D eigenvalue weighted by Crippen LogP contribution is 2.21. The first-order valence-corrected chi connectivity index (χ1v) is 6.87. The van der Waals surface area contributed by atoms with Gasteiger partial charge in [0.15, 0.2) is 0 Å². The summed E-state index contributed by atoms with van der Waals surface area (Å²) in [5.74, 6) is 0.650. The molecule has 0 aliphatic carbocycles. The van der Waals surface area contributed by atoms with Gasteiger partial charge >= 0.3 is 0 Å². The number of hydrogen-bond donors (Lipinski definition) is 1. The monoisotopic (exact) mass is 281 g/mol. The number of aromatic nitrogens is 2. The van der Waals surface area contributed by atoms with E-state index in [4.69, 9.17) is 22.7 Å². The molecule has 0 amide bonds. The first kappa shape index (κ1) is 13.0. The molecular formula is C12H15N3OS2. The van der Waals surface area contributed by atoms with Crippen molar-refractivity contribution in [3.8, 4) is 5.88 Å². The van der Waals surface area contributed by atoms with Gasteiger partial charge in [0.25, 0.3) is 0 Å². The van der Waals surface area contributed by atoms with Crippen molar-refractivity contribution < 1.29 is 4.74 Å². The van der Waals surface area contributed by atoms with Crippen molar-refractivity contribution in [2.75, 3.05) is 6.61 Å². The third-order valence-electron chi connectivity index (χ3n) is 2.58. The molecule has 2 aromatic rings. The fraction of sp³-hybridized carbons (Fsp3) is 0.333. The zero-order valence-corrected chi connectivity index (χ0v) is 12.0. The molecule has 2 N–H and O–H groups in total. The highest BCUT2D eigenvalue weighted by atomic mass is 32.1. The summed E-state index contributed by atoms with van der Waals surface area (Å²) in [6.45, 7) is 2.47. The minimum absolute atomic E-state index is 0.326. The van der Waals surface area contributed by atoms with Gasteiger partial charge in [-0.1, -0.05) is 18.3 Å². The molecule has 0 radical (unpaired) electrons. The van der Waals surface area contributed by atoms with Gasteiger partial charge < -0.3 is 10.5 Å². The molecule has 2 heterocycles. The molecule has 18 heavy (non-hydrogen) atoms. The van der Waals surface area contributed by atoms with E-state index in [0.29, 0.717) is 17.5 Å². The molecule has 0 aliphatic heterocycles. The van der Waals surface area contributed by atoms with E-state index in [1.165, 1.54) is 4.88 Å². The lowest BCUT2D eigenvalue weighted by atomic mass is 10.2. The van der Waals surface area contributed by atoms with Gasteiger partial charge in [-0.05, 0) is 18.4 Å². The van der Waals surface area contributed by atoms with Gasteiger partial charge in [-0.15, -0.1) is 11.3 Å². The Balaban J connectivity index is 2.07. The molecule has 0 aliphatic rings. The Morgan fingerprint density at radius 1 is 1.61 bits per heavy atom. The summed E-state index contributed by atoms with van der Waals surface area (Å²) in [6.07, 6.45) is 0.874. The normalized spacial score (nSPS) is 10.6. The molecule has 0 spiro atoms. The topological polar surface area (TPSA) is 53.1 Å². The molecule has 2 rings (SSSR count). The molecule has 96 valence electrons. The average molecular weight is 281 g/mol. The highest BCUT2D eigenvalue weighted by Gasteiger charge is 2.16. The fourth-order valence-electron chi connectivity index (χ4n) is 1.79. The zero-order valence-electron chi connectivity index (χ0n) is 10.3. The van der Waals surface area contributed by atoms with Crippen LogP contribution in [0, 0.1) is 6.92 Å². The number of hydrogen-bond acceptors (Lipinski definition) is 4. The SMILES string of the molecule is Cc1nn(C)c(OCCc2cccs2)c1C(N)=S. The van der Waals surface area contributed by atoms with Crippen LogP contribution in [0.25, 0.3) is 0 Å². The minimum atomic E-state index is 0.326. The predicted molar refractivity (Wildman–Crippen MR) is 77.4 cm³/mol. The van der Waals surface area contributed by atoms with Crippen molar-refractivity contribution >= 4 is 28.5 Å². The minimum Gasteiger partial charge on any atom is -0.477 e. The molecular weight excluding hydrogens is 266 g/mol.